The zero-order valence-corrected chi connectivity index (χ0v) is 13.6. The quantitative estimate of drug-likeness (QED) is 0.843. The lowest BCUT2D eigenvalue weighted by atomic mass is 10.1. The number of anilines is 1. The molecule has 0 spiro atoms. The summed E-state index contributed by atoms with van der Waals surface area (Å²) >= 11 is 0. The van der Waals surface area contributed by atoms with Crippen LogP contribution in [0.3, 0.4) is 0 Å². The van der Waals surface area contributed by atoms with Crippen molar-refractivity contribution in [1.82, 2.24) is 15.2 Å². The van der Waals surface area contributed by atoms with Gasteiger partial charge in [0.1, 0.15) is 11.4 Å². The molecule has 1 aromatic carbocycles. The molecular weight excluding hydrogens is 292 g/mol. The van der Waals surface area contributed by atoms with Crippen molar-refractivity contribution >= 4 is 11.6 Å². The molecule has 1 unspecified atom stereocenters. The van der Waals surface area contributed by atoms with E-state index in [1.807, 2.05) is 13.1 Å². The molecule has 1 aliphatic rings. The van der Waals surface area contributed by atoms with Crippen LogP contribution in [0.1, 0.15) is 17.8 Å². The molecule has 23 heavy (non-hydrogen) atoms. The number of amides is 1. The molecule has 0 N–H and O–H groups in total. The molecule has 0 bridgehead atoms. The molecule has 6 heteroatoms. The van der Waals surface area contributed by atoms with E-state index in [2.05, 4.69) is 44.1 Å². The van der Waals surface area contributed by atoms with Gasteiger partial charge in [-0.2, -0.15) is 0 Å². The van der Waals surface area contributed by atoms with Gasteiger partial charge in [-0.3, -0.25) is 4.79 Å². The first kappa shape index (κ1) is 15.5. The molecule has 3 rings (SSSR count). The minimum atomic E-state index is 0.0574. The van der Waals surface area contributed by atoms with E-state index < -0.39 is 0 Å². The maximum atomic E-state index is 12.3. The fraction of sp³-hybridized carbons (Fsp3) is 0.471. The van der Waals surface area contributed by atoms with Crippen LogP contribution in [-0.2, 0) is 11.2 Å². The summed E-state index contributed by atoms with van der Waals surface area (Å²) in [6.45, 7) is 4.61. The van der Waals surface area contributed by atoms with Crippen molar-refractivity contribution < 1.29 is 9.42 Å². The van der Waals surface area contributed by atoms with Crippen molar-refractivity contribution in [3.8, 4) is 0 Å². The van der Waals surface area contributed by atoms with Crippen molar-refractivity contribution in [3.63, 3.8) is 0 Å². The lowest BCUT2D eigenvalue weighted by Gasteiger charge is -2.22. The van der Waals surface area contributed by atoms with Crippen LogP contribution in [0.5, 0.6) is 0 Å². The minimum absolute atomic E-state index is 0.0574. The lowest BCUT2D eigenvalue weighted by molar-refractivity contribution is -0.129. The molecule has 1 fully saturated rings. The monoisotopic (exact) mass is 314 g/mol. The molecule has 1 aromatic heterocycles. The second-order valence-corrected chi connectivity index (χ2v) is 6.18. The predicted octanol–water partition coefficient (Wildman–Crippen LogP) is 1.91. The zero-order chi connectivity index (χ0) is 16.2. The Balaban J connectivity index is 1.51. The summed E-state index contributed by atoms with van der Waals surface area (Å²) in [4.78, 5) is 16.5. The van der Waals surface area contributed by atoms with Crippen LogP contribution in [0.2, 0.25) is 0 Å². The molecule has 122 valence electrons. The van der Waals surface area contributed by atoms with E-state index in [-0.39, 0.29) is 12.3 Å². The molecule has 1 amide bonds. The maximum absolute atomic E-state index is 12.3. The second kappa shape index (κ2) is 6.81. The molecule has 0 radical (unpaired) electrons. The van der Waals surface area contributed by atoms with Gasteiger partial charge in [-0.25, -0.2) is 4.63 Å². The van der Waals surface area contributed by atoms with Crippen molar-refractivity contribution in [2.24, 2.45) is 5.92 Å². The summed E-state index contributed by atoms with van der Waals surface area (Å²) in [5, 5.41) is 7.49. The highest BCUT2D eigenvalue weighted by atomic mass is 16.6. The van der Waals surface area contributed by atoms with Crippen LogP contribution in [0.4, 0.5) is 5.69 Å². The van der Waals surface area contributed by atoms with Crippen LogP contribution in [0, 0.1) is 12.8 Å². The number of hydrogen-bond acceptors (Lipinski definition) is 5. The molecular formula is C17H22N4O2. The third-order valence-electron chi connectivity index (χ3n) is 4.43. The number of para-hydroxylation sites is 1. The Kier molecular flexibility index (Phi) is 4.60. The van der Waals surface area contributed by atoms with Gasteiger partial charge < -0.3 is 9.80 Å². The molecule has 1 saturated heterocycles. The van der Waals surface area contributed by atoms with Gasteiger partial charge in [-0.05, 0) is 31.4 Å². The normalized spacial score (nSPS) is 17.5. The largest absolute Gasteiger partial charge is 0.371 e. The van der Waals surface area contributed by atoms with Crippen molar-refractivity contribution in [2.45, 2.75) is 19.8 Å². The first-order valence-corrected chi connectivity index (χ1v) is 7.95. The molecule has 1 atom stereocenters. The summed E-state index contributed by atoms with van der Waals surface area (Å²) in [5.41, 5.74) is 2.57. The SMILES string of the molecule is Cc1nonc1CC(=O)N(C)CC1CCN(c2ccccc2)C1. The summed E-state index contributed by atoms with van der Waals surface area (Å²) in [6.07, 6.45) is 1.36. The highest BCUT2D eigenvalue weighted by molar-refractivity contribution is 5.78. The van der Waals surface area contributed by atoms with E-state index >= 15 is 0 Å². The highest BCUT2D eigenvalue weighted by Gasteiger charge is 2.25. The van der Waals surface area contributed by atoms with E-state index in [0.29, 0.717) is 17.3 Å². The number of aryl methyl sites for hydroxylation is 1. The van der Waals surface area contributed by atoms with Crippen molar-refractivity contribution in [1.29, 1.82) is 0 Å². The summed E-state index contributed by atoms with van der Waals surface area (Å²) in [7, 11) is 1.86. The standard InChI is InChI=1S/C17H22N4O2/c1-13-16(19-23-18-13)10-17(22)20(2)11-14-8-9-21(12-14)15-6-4-3-5-7-15/h3-7,14H,8-12H2,1-2H3. The van der Waals surface area contributed by atoms with E-state index in [9.17, 15) is 4.79 Å². The average molecular weight is 314 g/mol. The Morgan fingerprint density at radius 2 is 2.13 bits per heavy atom. The summed E-state index contributed by atoms with van der Waals surface area (Å²) in [6, 6.07) is 10.4. The Morgan fingerprint density at radius 3 is 2.83 bits per heavy atom. The third kappa shape index (κ3) is 3.70. The number of hydrogen-bond donors (Lipinski definition) is 0. The van der Waals surface area contributed by atoms with Gasteiger partial charge in [-0.15, -0.1) is 0 Å². The Hall–Kier alpha value is -2.37. The molecule has 6 nitrogen and oxygen atoms in total. The maximum Gasteiger partial charge on any atom is 0.228 e. The Bertz CT molecular complexity index is 656. The smallest absolute Gasteiger partial charge is 0.228 e. The molecule has 1 aliphatic heterocycles. The van der Waals surface area contributed by atoms with E-state index in [1.54, 1.807) is 11.8 Å². The van der Waals surface area contributed by atoms with Gasteiger partial charge in [0, 0.05) is 32.4 Å². The fourth-order valence-corrected chi connectivity index (χ4v) is 3.03. The number of aromatic nitrogens is 2. The predicted molar refractivity (Wildman–Crippen MR) is 87.1 cm³/mol. The summed E-state index contributed by atoms with van der Waals surface area (Å²) < 4.78 is 4.64. The van der Waals surface area contributed by atoms with Gasteiger partial charge >= 0.3 is 0 Å². The van der Waals surface area contributed by atoms with E-state index in [1.165, 1.54) is 5.69 Å². The minimum Gasteiger partial charge on any atom is -0.371 e. The van der Waals surface area contributed by atoms with Crippen LogP contribution in [0.15, 0.2) is 35.0 Å². The van der Waals surface area contributed by atoms with E-state index in [0.717, 1.165) is 26.1 Å². The van der Waals surface area contributed by atoms with Gasteiger partial charge in [0.25, 0.3) is 0 Å². The second-order valence-electron chi connectivity index (χ2n) is 6.18. The first-order chi connectivity index (χ1) is 11.1. The average Bonchev–Trinajstić information content (AvgIpc) is 3.18. The van der Waals surface area contributed by atoms with Crippen LogP contribution in [-0.4, -0.2) is 47.8 Å². The van der Waals surface area contributed by atoms with Gasteiger partial charge in [0.15, 0.2) is 0 Å². The Morgan fingerprint density at radius 1 is 1.35 bits per heavy atom. The number of likely N-dealkylation sites (N-methyl/N-ethyl adjacent to an activating group) is 1. The van der Waals surface area contributed by atoms with Gasteiger partial charge in [0.2, 0.25) is 5.91 Å². The molecule has 2 aromatic rings. The summed E-state index contributed by atoms with van der Waals surface area (Å²) in [5.74, 6) is 0.558. The topological polar surface area (TPSA) is 62.5 Å². The number of benzene rings is 1. The number of carbonyl (C=O) groups excluding carboxylic acids is 1. The molecule has 2 heterocycles. The molecule has 0 saturated carbocycles. The fourth-order valence-electron chi connectivity index (χ4n) is 3.03. The number of rotatable bonds is 5. The molecule has 0 aliphatic carbocycles. The van der Waals surface area contributed by atoms with Crippen LogP contribution >= 0.6 is 0 Å². The number of carbonyl (C=O) groups is 1. The lowest BCUT2D eigenvalue weighted by Crippen LogP contribution is -2.34. The number of nitrogens with zero attached hydrogens (tertiary/aromatic N) is 4. The van der Waals surface area contributed by atoms with Crippen LogP contribution in [0.25, 0.3) is 0 Å². The first-order valence-electron chi connectivity index (χ1n) is 7.95. The third-order valence-corrected chi connectivity index (χ3v) is 4.43. The van der Waals surface area contributed by atoms with Gasteiger partial charge in [-0.1, -0.05) is 28.5 Å². The zero-order valence-electron chi connectivity index (χ0n) is 13.6. The van der Waals surface area contributed by atoms with Crippen molar-refractivity contribution in [3.05, 3.63) is 41.7 Å². The Labute approximate surface area is 136 Å². The van der Waals surface area contributed by atoms with E-state index in [4.69, 9.17) is 0 Å². The van der Waals surface area contributed by atoms with Crippen LogP contribution < -0.4 is 4.90 Å². The van der Waals surface area contributed by atoms with Gasteiger partial charge in [0.05, 0.1) is 6.42 Å². The van der Waals surface area contributed by atoms with Crippen molar-refractivity contribution in [2.75, 3.05) is 31.6 Å². The highest BCUT2D eigenvalue weighted by Crippen LogP contribution is 2.24.